The zero-order chi connectivity index (χ0) is 14.8. The van der Waals surface area contributed by atoms with Crippen LogP contribution in [0.4, 0.5) is 0 Å². The Morgan fingerprint density at radius 3 is 2.95 bits per heavy atom. The number of fused-ring (bicyclic) bond motifs is 1. The predicted molar refractivity (Wildman–Crippen MR) is 81.6 cm³/mol. The lowest BCUT2D eigenvalue weighted by molar-refractivity contribution is 0.0177. The number of likely N-dealkylation sites (tertiary alicyclic amines) is 1. The van der Waals surface area contributed by atoms with Crippen LogP contribution in [-0.2, 0) is 11.2 Å². The van der Waals surface area contributed by atoms with E-state index in [2.05, 4.69) is 11.0 Å². The quantitative estimate of drug-likeness (QED) is 0.921. The largest absolute Gasteiger partial charge is 0.497 e. The van der Waals surface area contributed by atoms with E-state index >= 15 is 0 Å². The molecule has 1 aromatic carbocycles. The smallest absolute Gasteiger partial charge is 0.119 e. The van der Waals surface area contributed by atoms with Crippen molar-refractivity contribution in [3.8, 4) is 5.75 Å². The molecule has 1 aliphatic heterocycles. The average Bonchev–Trinajstić information content (AvgIpc) is 2.84. The summed E-state index contributed by atoms with van der Waals surface area (Å²) in [5.74, 6) is 1.42. The maximum atomic E-state index is 10.7. The van der Waals surface area contributed by atoms with Crippen LogP contribution in [0.3, 0.4) is 0 Å². The summed E-state index contributed by atoms with van der Waals surface area (Å²) in [6.45, 7) is 2.92. The van der Waals surface area contributed by atoms with Gasteiger partial charge in [0.25, 0.3) is 0 Å². The number of hydrogen-bond donors (Lipinski definition) is 1. The summed E-state index contributed by atoms with van der Waals surface area (Å²) in [6.07, 6.45) is 2.95. The lowest BCUT2D eigenvalue weighted by Gasteiger charge is -2.37. The first-order valence-electron chi connectivity index (χ1n) is 7.80. The van der Waals surface area contributed by atoms with Crippen molar-refractivity contribution in [1.29, 1.82) is 0 Å². The molecule has 1 aliphatic carbocycles. The molecule has 0 saturated carbocycles. The number of hydrogen-bond acceptors (Lipinski definition) is 4. The van der Waals surface area contributed by atoms with Crippen molar-refractivity contribution in [1.82, 2.24) is 4.90 Å². The fourth-order valence-electron chi connectivity index (χ4n) is 3.80. The number of methoxy groups -OCH3 is 2. The van der Waals surface area contributed by atoms with Crippen molar-refractivity contribution in [2.24, 2.45) is 5.92 Å². The van der Waals surface area contributed by atoms with Gasteiger partial charge in [-0.25, -0.2) is 0 Å². The van der Waals surface area contributed by atoms with E-state index in [-0.39, 0.29) is 6.04 Å². The zero-order valence-electron chi connectivity index (χ0n) is 12.9. The number of piperidine rings is 1. The molecular weight excluding hydrogens is 266 g/mol. The van der Waals surface area contributed by atoms with Crippen molar-refractivity contribution in [3.05, 3.63) is 29.3 Å². The second kappa shape index (κ2) is 6.34. The Kier molecular flexibility index (Phi) is 4.48. The molecule has 1 heterocycles. The second-order valence-electron chi connectivity index (χ2n) is 6.24. The molecule has 1 fully saturated rings. The van der Waals surface area contributed by atoms with Crippen LogP contribution < -0.4 is 4.74 Å². The van der Waals surface area contributed by atoms with Crippen LogP contribution in [0, 0.1) is 5.92 Å². The minimum absolute atomic E-state index is 0.201. The van der Waals surface area contributed by atoms with Crippen molar-refractivity contribution in [3.63, 3.8) is 0 Å². The highest BCUT2D eigenvalue weighted by molar-refractivity contribution is 5.41. The SMILES string of the molecule is COCC1CCCN(C2Cc3ccc(OC)cc3C2O)C1. The molecule has 0 aromatic heterocycles. The zero-order valence-corrected chi connectivity index (χ0v) is 12.9. The molecule has 3 atom stereocenters. The third-order valence-corrected chi connectivity index (χ3v) is 4.89. The summed E-state index contributed by atoms with van der Waals surface area (Å²) in [6, 6.07) is 6.26. The van der Waals surface area contributed by atoms with E-state index in [1.165, 1.54) is 18.4 Å². The molecule has 3 rings (SSSR count). The summed E-state index contributed by atoms with van der Waals surface area (Å²) in [7, 11) is 3.44. The minimum atomic E-state index is -0.406. The van der Waals surface area contributed by atoms with Crippen LogP contribution in [0.5, 0.6) is 5.75 Å². The number of rotatable bonds is 4. The molecular formula is C17H25NO3. The highest BCUT2D eigenvalue weighted by atomic mass is 16.5. The Bertz CT molecular complexity index is 489. The Balaban J connectivity index is 1.73. The maximum absolute atomic E-state index is 10.7. The first kappa shape index (κ1) is 14.8. The summed E-state index contributed by atoms with van der Waals surface area (Å²) in [5, 5.41) is 10.7. The first-order valence-corrected chi connectivity index (χ1v) is 7.80. The molecule has 21 heavy (non-hydrogen) atoms. The Labute approximate surface area is 126 Å². The average molecular weight is 291 g/mol. The van der Waals surface area contributed by atoms with E-state index in [0.717, 1.165) is 37.4 Å². The molecule has 1 saturated heterocycles. The van der Waals surface area contributed by atoms with Crippen molar-refractivity contribution < 1.29 is 14.6 Å². The molecule has 1 aromatic rings. The third kappa shape index (κ3) is 2.93. The van der Waals surface area contributed by atoms with Crippen LogP contribution in [-0.4, -0.2) is 50.0 Å². The molecule has 116 valence electrons. The van der Waals surface area contributed by atoms with E-state index in [4.69, 9.17) is 9.47 Å². The van der Waals surface area contributed by atoms with Gasteiger partial charge < -0.3 is 14.6 Å². The van der Waals surface area contributed by atoms with Gasteiger partial charge in [-0.1, -0.05) is 6.07 Å². The fraction of sp³-hybridized carbons (Fsp3) is 0.647. The maximum Gasteiger partial charge on any atom is 0.119 e. The van der Waals surface area contributed by atoms with E-state index in [9.17, 15) is 5.11 Å². The summed E-state index contributed by atoms with van der Waals surface area (Å²) in [4.78, 5) is 2.45. The van der Waals surface area contributed by atoms with Crippen molar-refractivity contribution in [2.45, 2.75) is 31.4 Å². The van der Waals surface area contributed by atoms with Gasteiger partial charge in [-0.05, 0) is 55.0 Å². The molecule has 0 spiro atoms. The number of ether oxygens (including phenoxy) is 2. The predicted octanol–water partition coefficient (Wildman–Crippen LogP) is 2.01. The fourth-order valence-corrected chi connectivity index (χ4v) is 3.80. The van der Waals surface area contributed by atoms with Gasteiger partial charge >= 0.3 is 0 Å². The first-order chi connectivity index (χ1) is 10.2. The number of aliphatic hydroxyl groups excluding tert-OH is 1. The Morgan fingerprint density at radius 1 is 1.33 bits per heavy atom. The van der Waals surface area contributed by atoms with Gasteiger partial charge in [0.2, 0.25) is 0 Å². The molecule has 3 unspecified atom stereocenters. The second-order valence-corrected chi connectivity index (χ2v) is 6.24. The van der Waals surface area contributed by atoms with Gasteiger partial charge in [-0.2, -0.15) is 0 Å². The summed E-state index contributed by atoms with van der Waals surface area (Å²) in [5.41, 5.74) is 2.29. The Morgan fingerprint density at radius 2 is 2.19 bits per heavy atom. The van der Waals surface area contributed by atoms with Gasteiger partial charge in [0, 0.05) is 19.7 Å². The lowest BCUT2D eigenvalue weighted by atomic mass is 9.96. The third-order valence-electron chi connectivity index (χ3n) is 4.89. The van der Waals surface area contributed by atoms with E-state index in [1.807, 2.05) is 12.1 Å². The highest BCUT2D eigenvalue weighted by Crippen LogP contribution is 2.38. The van der Waals surface area contributed by atoms with Gasteiger partial charge in [0.1, 0.15) is 5.75 Å². The summed E-state index contributed by atoms with van der Waals surface area (Å²) >= 11 is 0. The number of aliphatic hydroxyl groups is 1. The molecule has 0 amide bonds. The molecule has 4 nitrogen and oxygen atoms in total. The monoisotopic (exact) mass is 291 g/mol. The molecule has 0 bridgehead atoms. The van der Waals surface area contributed by atoms with Gasteiger partial charge in [0.05, 0.1) is 19.8 Å². The topological polar surface area (TPSA) is 41.9 Å². The minimum Gasteiger partial charge on any atom is -0.497 e. The summed E-state index contributed by atoms with van der Waals surface area (Å²) < 4.78 is 10.6. The van der Waals surface area contributed by atoms with Crippen LogP contribution in [0.2, 0.25) is 0 Å². The van der Waals surface area contributed by atoms with Crippen molar-refractivity contribution >= 4 is 0 Å². The van der Waals surface area contributed by atoms with Gasteiger partial charge in [-0.3, -0.25) is 4.90 Å². The van der Waals surface area contributed by atoms with Crippen LogP contribution in [0.1, 0.15) is 30.1 Å². The Hall–Kier alpha value is -1.10. The van der Waals surface area contributed by atoms with Crippen molar-refractivity contribution in [2.75, 3.05) is 33.9 Å². The number of nitrogens with zero attached hydrogens (tertiary/aromatic N) is 1. The molecule has 4 heteroatoms. The van der Waals surface area contributed by atoms with Crippen LogP contribution in [0.25, 0.3) is 0 Å². The van der Waals surface area contributed by atoms with Crippen LogP contribution in [0.15, 0.2) is 18.2 Å². The molecule has 1 N–H and O–H groups in total. The molecule has 0 radical (unpaired) electrons. The van der Waals surface area contributed by atoms with Gasteiger partial charge in [0.15, 0.2) is 0 Å². The van der Waals surface area contributed by atoms with E-state index in [1.54, 1.807) is 14.2 Å². The standard InChI is InChI=1S/C17H25NO3/c1-20-11-12-4-3-7-18(10-12)16-8-13-5-6-14(21-2)9-15(13)17(16)19/h5-6,9,12,16-17,19H,3-4,7-8,10-11H2,1-2H3. The number of benzene rings is 1. The molecule has 2 aliphatic rings. The normalized spacial score (nSPS) is 29.4. The lowest BCUT2D eigenvalue weighted by Crippen LogP contribution is -2.45. The van der Waals surface area contributed by atoms with Crippen LogP contribution >= 0.6 is 0 Å². The highest BCUT2D eigenvalue weighted by Gasteiger charge is 2.37. The van der Waals surface area contributed by atoms with E-state index in [0.29, 0.717) is 5.92 Å². The van der Waals surface area contributed by atoms with Gasteiger partial charge in [-0.15, -0.1) is 0 Å². The van der Waals surface area contributed by atoms with E-state index < -0.39 is 6.10 Å².